The minimum absolute atomic E-state index is 0.0276. The summed E-state index contributed by atoms with van der Waals surface area (Å²) in [6.07, 6.45) is 0.115. The molecule has 3 nitrogen and oxygen atoms in total. The average molecular weight is 246 g/mol. The zero-order chi connectivity index (χ0) is 13.9. The molecule has 0 aromatic rings. The molecule has 0 aromatic heterocycles. The van der Waals surface area contributed by atoms with Gasteiger partial charge >= 0.3 is 0 Å². The van der Waals surface area contributed by atoms with Crippen LogP contribution in [-0.4, -0.2) is 34.1 Å². The van der Waals surface area contributed by atoms with Crippen LogP contribution in [0.25, 0.3) is 0 Å². The minimum Gasteiger partial charge on any atom is -0.392 e. The second kappa shape index (κ2) is 6.17. The largest absolute Gasteiger partial charge is 0.392 e. The van der Waals surface area contributed by atoms with Crippen molar-refractivity contribution >= 4 is 0 Å². The molecule has 0 aliphatic heterocycles. The number of aliphatic hydroxyl groups excluding tert-OH is 1. The summed E-state index contributed by atoms with van der Waals surface area (Å²) >= 11 is 0. The van der Waals surface area contributed by atoms with Crippen LogP contribution >= 0.6 is 0 Å². The molecule has 0 aliphatic rings. The van der Waals surface area contributed by atoms with Gasteiger partial charge in [0.2, 0.25) is 0 Å². The molecule has 0 rings (SSSR count). The molecule has 2 N–H and O–H groups in total. The Morgan fingerprint density at radius 2 is 1.59 bits per heavy atom. The van der Waals surface area contributed by atoms with E-state index in [0.29, 0.717) is 13.0 Å². The van der Waals surface area contributed by atoms with Crippen molar-refractivity contribution < 1.29 is 14.9 Å². The highest BCUT2D eigenvalue weighted by atomic mass is 16.5. The molecule has 0 radical (unpaired) electrons. The van der Waals surface area contributed by atoms with Crippen molar-refractivity contribution in [3.8, 4) is 0 Å². The van der Waals surface area contributed by atoms with E-state index in [0.717, 1.165) is 0 Å². The number of ether oxygens (including phenoxy) is 1. The first-order valence-electron chi connectivity index (χ1n) is 6.55. The molecule has 0 aromatic carbocycles. The van der Waals surface area contributed by atoms with Crippen LogP contribution < -0.4 is 0 Å². The molecule has 0 amide bonds. The van der Waals surface area contributed by atoms with E-state index >= 15 is 0 Å². The van der Waals surface area contributed by atoms with Crippen LogP contribution in [0.15, 0.2) is 0 Å². The fourth-order valence-electron chi connectivity index (χ4n) is 2.32. The monoisotopic (exact) mass is 246 g/mol. The Bertz CT molecular complexity index is 218. The van der Waals surface area contributed by atoms with Crippen LogP contribution in [0.4, 0.5) is 0 Å². The van der Waals surface area contributed by atoms with Crippen LogP contribution in [0.1, 0.15) is 54.9 Å². The van der Waals surface area contributed by atoms with Crippen LogP contribution in [-0.2, 0) is 4.74 Å². The summed E-state index contributed by atoms with van der Waals surface area (Å²) in [4.78, 5) is 0. The van der Waals surface area contributed by atoms with Crippen LogP contribution in [0.3, 0.4) is 0 Å². The van der Waals surface area contributed by atoms with E-state index in [-0.39, 0.29) is 17.4 Å². The lowest BCUT2D eigenvalue weighted by Crippen LogP contribution is -2.43. The second-order valence-electron chi connectivity index (χ2n) is 6.31. The maximum atomic E-state index is 10.3. The van der Waals surface area contributed by atoms with Crippen molar-refractivity contribution in [2.24, 2.45) is 11.8 Å². The van der Waals surface area contributed by atoms with Gasteiger partial charge in [-0.1, -0.05) is 13.8 Å². The van der Waals surface area contributed by atoms with E-state index in [9.17, 15) is 10.2 Å². The van der Waals surface area contributed by atoms with E-state index in [1.165, 1.54) is 0 Å². The second-order valence-corrected chi connectivity index (χ2v) is 6.31. The third-order valence-corrected chi connectivity index (χ3v) is 3.53. The summed E-state index contributed by atoms with van der Waals surface area (Å²) in [7, 11) is 0. The van der Waals surface area contributed by atoms with Crippen LogP contribution in [0.2, 0.25) is 0 Å². The quantitative estimate of drug-likeness (QED) is 0.726. The Morgan fingerprint density at radius 3 is 1.94 bits per heavy atom. The summed E-state index contributed by atoms with van der Waals surface area (Å²) in [5, 5.41) is 20.1. The topological polar surface area (TPSA) is 49.7 Å². The Hall–Kier alpha value is -0.120. The Kier molecular flexibility index (Phi) is 6.12. The fourth-order valence-corrected chi connectivity index (χ4v) is 2.32. The third-order valence-electron chi connectivity index (χ3n) is 3.53. The molecule has 0 bridgehead atoms. The average Bonchev–Trinajstić information content (AvgIpc) is 2.12. The van der Waals surface area contributed by atoms with E-state index < -0.39 is 11.7 Å². The van der Waals surface area contributed by atoms with Gasteiger partial charge < -0.3 is 14.9 Å². The van der Waals surface area contributed by atoms with E-state index in [1.54, 1.807) is 13.8 Å². The van der Waals surface area contributed by atoms with Gasteiger partial charge in [0.05, 0.1) is 17.3 Å². The van der Waals surface area contributed by atoms with Gasteiger partial charge in [0, 0.05) is 12.5 Å². The molecule has 0 saturated carbocycles. The Labute approximate surface area is 106 Å². The first-order chi connectivity index (χ1) is 7.51. The van der Waals surface area contributed by atoms with Crippen molar-refractivity contribution in [2.75, 3.05) is 6.61 Å². The van der Waals surface area contributed by atoms with Gasteiger partial charge in [-0.25, -0.2) is 0 Å². The number of hydrogen-bond donors (Lipinski definition) is 2. The lowest BCUT2D eigenvalue weighted by Gasteiger charge is -2.38. The van der Waals surface area contributed by atoms with Gasteiger partial charge in [-0.2, -0.15) is 0 Å². The van der Waals surface area contributed by atoms with E-state index in [2.05, 4.69) is 0 Å². The molecule has 17 heavy (non-hydrogen) atoms. The zero-order valence-corrected chi connectivity index (χ0v) is 12.4. The van der Waals surface area contributed by atoms with Crippen molar-refractivity contribution in [3.05, 3.63) is 0 Å². The Balaban J connectivity index is 4.53. The van der Waals surface area contributed by atoms with Crippen molar-refractivity contribution in [1.82, 2.24) is 0 Å². The smallest absolute Gasteiger partial charge is 0.0676 e. The highest BCUT2D eigenvalue weighted by molar-refractivity contribution is 4.86. The van der Waals surface area contributed by atoms with Crippen LogP contribution in [0, 0.1) is 11.8 Å². The molecule has 0 saturated heterocycles. The molecule has 104 valence electrons. The van der Waals surface area contributed by atoms with E-state index in [4.69, 9.17) is 4.74 Å². The standard InChI is InChI=1S/C14H30O3/c1-8-17-14(6,7)11(3)12(15)10(2)9-13(4,5)16/h10-12,15-16H,8-9H2,1-7H3. The van der Waals surface area contributed by atoms with Crippen molar-refractivity contribution in [1.29, 1.82) is 0 Å². The predicted octanol–water partition coefficient (Wildman–Crippen LogP) is 2.60. The van der Waals surface area contributed by atoms with Gasteiger partial charge in [-0.15, -0.1) is 0 Å². The van der Waals surface area contributed by atoms with Crippen molar-refractivity contribution in [2.45, 2.75) is 72.2 Å². The Morgan fingerprint density at radius 1 is 1.12 bits per heavy atom. The van der Waals surface area contributed by atoms with Gasteiger partial charge in [-0.3, -0.25) is 0 Å². The molecular formula is C14H30O3. The normalized spacial score (nSPS) is 18.9. The van der Waals surface area contributed by atoms with Gasteiger partial charge in [0.25, 0.3) is 0 Å². The third kappa shape index (κ3) is 5.84. The molecule has 0 spiro atoms. The minimum atomic E-state index is -0.740. The number of rotatable bonds is 7. The van der Waals surface area contributed by atoms with E-state index in [1.807, 2.05) is 34.6 Å². The zero-order valence-electron chi connectivity index (χ0n) is 12.4. The lowest BCUT2D eigenvalue weighted by molar-refractivity contribution is -0.104. The van der Waals surface area contributed by atoms with Gasteiger partial charge in [0.15, 0.2) is 0 Å². The predicted molar refractivity (Wildman–Crippen MR) is 71.0 cm³/mol. The molecule has 3 unspecified atom stereocenters. The highest BCUT2D eigenvalue weighted by Crippen LogP contribution is 2.30. The lowest BCUT2D eigenvalue weighted by atomic mass is 9.79. The summed E-state index contributed by atoms with van der Waals surface area (Å²) < 4.78 is 5.67. The molecule has 0 fully saturated rings. The number of hydrogen-bond acceptors (Lipinski definition) is 3. The molecule has 3 atom stereocenters. The molecular weight excluding hydrogens is 216 g/mol. The SMILES string of the molecule is CCOC(C)(C)C(C)C(O)C(C)CC(C)(C)O. The maximum Gasteiger partial charge on any atom is 0.0676 e. The summed E-state index contributed by atoms with van der Waals surface area (Å²) in [5.74, 6) is 0.0736. The first-order valence-corrected chi connectivity index (χ1v) is 6.55. The van der Waals surface area contributed by atoms with Crippen LogP contribution in [0.5, 0.6) is 0 Å². The molecule has 0 aliphatic carbocycles. The highest BCUT2D eigenvalue weighted by Gasteiger charge is 2.35. The molecule has 3 heteroatoms. The van der Waals surface area contributed by atoms with Gasteiger partial charge in [-0.05, 0) is 47.0 Å². The van der Waals surface area contributed by atoms with Crippen molar-refractivity contribution in [3.63, 3.8) is 0 Å². The van der Waals surface area contributed by atoms with Gasteiger partial charge in [0.1, 0.15) is 0 Å². The summed E-state index contributed by atoms with van der Waals surface area (Å²) in [6, 6.07) is 0. The molecule has 0 heterocycles. The summed E-state index contributed by atoms with van der Waals surface area (Å²) in [5.41, 5.74) is -1.09. The summed E-state index contributed by atoms with van der Waals surface area (Å²) in [6.45, 7) is 14.1. The number of aliphatic hydroxyl groups is 2. The maximum absolute atomic E-state index is 10.3. The fraction of sp³-hybridized carbons (Fsp3) is 1.00. The first kappa shape index (κ1) is 16.9.